The minimum absolute atomic E-state index is 0.0722. The van der Waals surface area contributed by atoms with Gasteiger partial charge in [0.25, 0.3) is 0 Å². The molecule has 0 amide bonds. The Hall–Kier alpha value is -0.960. The van der Waals surface area contributed by atoms with Crippen molar-refractivity contribution in [1.29, 1.82) is 0 Å². The summed E-state index contributed by atoms with van der Waals surface area (Å²) >= 11 is 0. The molecule has 0 aromatic heterocycles. The molecular weight excluding hydrogens is 312 g/mol. The van der Waals surface area contributed by atoms with Gasteiger partial charge in [-0.15, -0.1) is 0 Å². The lowest BCUT2D eigenvalue weighted by molar-refractivity contribution is 0.546. The summed E-state index contributed by atoms with van der Waals surface area (Å²) in [6, 6.07) is 6.12. The molecule has 0 radical (unpaired) electrons. The molecule has 0 bridgehead atoms. The Morgan fingerprint density at radius 2 is 1.71 bits per heavy atom. The zero-order chi connectivity index (χ0) is 16.1. The van der Waals surface area contributed by atoms with Crippen molar-refractivity contribution in [2.45, 2.75) is 44.0 Å². The Morgan fingerprint density at radius 1 is 1.14 bits per heavy atom. The maximum absolute atomic E-state index is 11.6. The SMILES string of the molecule is CCCS(=O)(=O)NC(C)CCc1ccc(S(N)(=O)=O)cc1. The van der Waals surface area contributed by atoms with Crippen LogP contribution in [0.25, 0.3) is 0 Å². The summed E-state index contributed by atoms with van der Waals surface area (Å²) < 4.78 is 48.1. The highest BCUT2D eigenvalue weighted by molar-refractivity contribution is 7.89. The Balaban J connectivity index is 2.56. The van der Waals surface area contributed by atoms with Crippen LogP contribution in [-0.2, 0) is 26.5 Å². The minimum Gasteiger partial charge on any atom is -0.225 e. The van der Waals surface area contributed by atoms with Crippen LogP contribution in [0.2, 0.25) is 0 Å². The summed E-state index contributed by atoms with van der Waals surface area (Å²) in [7, 11) is -6.88. The monoisotopic (exact) mass is 334 g/mol. The Labute approximate surface area is 126 Å². The normalized spacial score (nSPS) is 14.0. The molecule has 0 spiro atoms. The number of nitrogens with two attached hydrogens (primary N) is 1. The fourth-order valence-corrected chi connectivity index (χ4v) is 3.82. The molecule has 6 nitrogen and oxygen atoms in total. The van der Waals surface area contributed by atoms with Crippen molar-refractivity contribution < 1.29 is 16.8 Å². The molecule has 0 aliphatic heterocycles. The van der Waals surface area contributed by atoms with Gasteiger partial charge in [-0.3, -0.25) is 0 Å². The molecule has 0 heterocycles. The van der Waals surface area contributed by atoms with Gasteiger partial charge in [-0.2, -0.15) is 0 Å². The lowest BCUT2D eigenvalue weighted by Gasteiger charge is -2.13. The largest absolute Gasteiger partial charge is 0.238 e. The minimum atomic E-state index is -3.67. The van der Waals surface area contributed by atoms with Gasteiger partial charge in [0.2, 0.25) is 20.0 Å². The van der Waals surface area contributed by atoms with E-state index >= 15 is 0 Å². The van der Waals surface area contributed by atoms with Crippen LogP contribution in [0.5, 0.6) is 0 Å². The molecule has 1 rings (SSSR count). The number of primary sulfonamides is 1. The average molecular weight is 334 g/mol. The van der Waals surface area contributed by atoms with Gasteiger partial charge in [-0.25, -0.2) is 26.7 Å². The first-order valence-electron chi connectivity index (χ1n) is 6.76. The fourth-order valence-electron chi connectivity index (χ4n) is 1.92. The van der Waals surface area contributed by atoms with Gasteiger partial charge in [0.05, 0.1) is 10.6 Å². The third-order valence-corrected chi connectivity index (χ3v) is 5.61. The molecule has 1 aromatic carbocycles. The first-order valence-corrected chi connectivity index (χ1v) is 9.95. The van der Waals surface area contributed by atoms with Gasteiger partial charge >= 0.3 is 0 Å². The Kier molecular flexibility index (Phi) is 6.33. The Morgan fingerprint density at radius 3 is 2.19 bits per heavy atom. The highest BCUT2D eigenvalue weighted by Gasteiger charge is 2.13. The molecule has 120 valence electrons. The highest BCUT2D eigenvalue weighted by Crippen LogP contribution is 2.11. The van der Waals surface area contributed by atoms with Crippen LogP contribution in [-0.4, -0.2) is 28.6 Å². The standard InChI is InChI=1S/C13H22N2O4S2/c1-3-10-20(16,17)15-11(2)4-5-12-6-8-13(9-7-12)21(14,18)19/h6-9,11,15H,3-5,10H2,1-2H3,(H2,14,18,19). The van der Waals surface area contributed by atoms with Crippen LogP contribution in [0.3, 0.4) is 0 Å². The summed E-state index contributed by atoms with van der Waals surface area (Å²) in [5.74, 6) is 0.125. The third kappa shape index (κ3) is 6.56. The summed E-state index contributed by atoms with van der Waals surface area (Å²) in [6.45, 7) is 3.63. The molecule has 0 fully saturated rings. The van der Waals surface area contributed by atoms with E-state index in [1.807, 2.05) is 13.8 Å². The quantitative estimate of drug-likeness (QED) is 0.739. The van der Waals surface area contributed by atoms with Crippen LogP contribution in [0, 0.1) is 0 Å². The third-order valence-electron chi connectivity index (χ3n) is 2.97. The van der Waals surface area contributed by atoms with Crippen molar-refractivity contribution in [3.8, 4) is 0 Å². The smallest absolute Gasteiger partial charge is 0.225 e. The van der Waals surface area contributed by atoms with Gasteiger partial charge in [0.1, 0.15) is 0 Å². The van der Waals surface area contributed by atoms with Crippen LogP contribution >= 0.6 is 0 Å². The summed E-state index contributed by atoms with van der Waals surface area (Å²) in [5, 5.41) is 5.02. The van der Waals surface area contributed by atoms with Crippen LogP contribution in [0.15, 0.2) is 29.2 Å². The molecule has 1 atom stereocenters. The predicted molar refractivity (Wildman–Crippen MR) is 82.8 cm³/mol. The average Bonchev–Trinajstić information content (AvgIpc) is 2.35. The fraction of sp³-hybridized carbons (Fsp3) is 0.538. The number of benzene rings is 1. The van der Waals surface area contributed by atoms with Gasteiger partial charge in [0.15, 0.2) is 0 Å². The van der Waals surface area contributed by atoms with Crippen LogP contribution in [0.1, 0.15) is 32.3 Å². The molecule has 0 aliphatic rings. The maximum Gasteiger partial charge on any atom is 0.238 e. The van der Waals surface area contributed by atoms with Crippen LogP contribution < -0.4 is 9.86 Å². The van der Waals surface area contributed by atoms with Crippen molar-refractivity contribution in [1.82, 2.24) is 4.72 Å². The van der Waals surface area contributed by atoms with Crippen molar-refractivity contribution in [3.63, 3.8) is 0 Å². The number of hydrogen-bond acceptors (Lipinski definition) is 4. The van der Waals surface area contributed by atoms with E-state index in [1.165, 1.54) is 12.1 Å². The molecule has 3 N–H and O–H groups in total. The van der Waals surface area contributed by atoms with E-state index in [-0.39, 0.29) is 16.7 Å². The zero-order valence-electron chi connectivity index (χ0n) is 12.2. The second-order valence-electron chi connectivity index (χ2n) is 5.07. The zero-order valence-corrected chi connectivity index (χ0v) is 13.9. The molecule has 1 aromatic rings. The van der Waals surface area contributed by atoms with E-state index in [2.05, 4.69) is 4.72 Å². The van der Waals surface area contributed by atoms with E-state index in [1.54, 1.807) is 12.1 Å². The lowest BCUT2D eigenvalue weighted by atomic mass is 10.1. The summed E-state index contributed by atoms with van der Waals surface area (Å²) in [6.07, 6.45) is 1.87. The number of nitrogens with one attached hydrogen (secondary N) is 1. The van der Waals surface area contributed by atoms with Crippen molar-refractivity contribution >= 4 is 20.0 Å². The number of aryl methyl sites for hydroxylation is 1. The van der Waals surface area contributed by atoms with Crippen molar-refractivity contribution in [3.05, 3.63) is 29.8 Å². The first kappa shape index (κ1) is 18.1. The molecule has 0 saturated heterocycles. The van der Waals surface area contributed by atoms with Gasteiger partial charge in [-0.05, 0) is 43.9 Å². The Bertz CT molecular complexity index is 652. The van der Waals surface area contributed by atoms with E-state index in [0.29, 0.717) is 19.3 Å². The number of hydrogen-bond donors (Lipinski definition) is 2. The second-order valence-corrected chi connectivity index (χ2v) is 8.50. The topological polar surface area (TPSA) is 106 Å². The highest BCUT2D eigenvalue weighted by atomic mass is 32.2. The lowest BCUT2D eigenvalue weighted by Crippen LogP contribution is -2.34. The first-order chi connectivity index (χ1) is 9.64. The van der Waals surface area contributed by atoms with Crippen molar-refractivity contribution in [2.24, 2.45) is 5.14 Å². The van der Waals surface area contributed by atoms with Crippen LogP contribution in [0.4, 0.5) is 0 Å². The molecule has 0 saturated carbocycles. The molecular formula is C13H22N2O4S2. The van der Waals surface area contributed by atoms with E-state index < -0.39 is 20.0 Å². The maximum atomic E-state index is 11.6. The molecule has 8 heteroatoms. The van der Waals surface area contributed by atoms with E-state index in [4.69, 9.17) is 5.14 Å². The summed E-state index contributed by atoms with van der Waals surface area (Å²) in [4.78, 5) is 0.0722. The molecule has 1 unspecified atom stereocenters. The second kappa shape index (κ2) is 7.35. The summed E-state index contributed by atoms with van der Waals surface area (Å²) in [5.41, 5.74) is 0.934. The van der Waals surface area contributed by atoms with Crippen molar-refractivity contribution in [2.75, 3.05) is 5.75 Å². The van der Waals surface area contributed by atoms with E-state index in [0.717, 1.165) is 5.56 Å². The van der Waals surface area contributed by atoms with Gasteiger partial charge in [0, 0.05) is 6.04 Å². The van der Waals surface area contributed by atoms with Gasteiger partial charge < -0.3 is 0 Å². The van der Waals surface area contributed by atoms with Gasteiger partial charge in [-0.1, -0.05) is 19.1 Å². The number of sulfonamides is 2. The predicted octanol–water partition coefficient (Wildman–Crippen LogP) is 0.985. The van der Waals surface area contributed by atoms with E-state index in [9.17, 15) is 16.8 Å². The molecule has 21 heavy (non-hydrogen) atoms. The number of rotatable bonds is 8. The molecule has 0 aliphatic carbocycles.